The number of rotatable bonds is 6. The van der Waals surface area contributed by atoms with Gasteiger partial charge in [-0.25, -0.2) is 0 Å². The van der Waals surface area contributed by atoms with Crippen molar-refractivity contribution in [2.45, 2.75) is 5.16 Å². The van der Waals surface area contributed by atoms with Crippen LogP contribution in [0.5, 0.6) is 11.5 Å². The first kappa shape index (κ1) is 18.0. The molecule has 0 saturated heterocycles. The van der Waals surface area contributed by atoms with Crippen LogP contribution in [-0.2, 0) is 4.79 Å². The zero-order valence-electron chi connectivity index (χ0n) is 14.8. The highest BCUT2D eigenvalue weighted by Crippen LogP contribution is 2.29. The quantitative estimate of drug-likeness (QED) is 0.497. The third-order valence-corrected chi connectivity index (χ3v) is 4.94. The van der Waals surface area contributed by atoms with Crippen molar-refractivity contribution in [3.8, 4) is 17.2 Å². The molecule has 3 aromatic rings. The lowest BCUT2D eigenvalue weighted by Crippen LogP contribution is -2.25. The topological polar surface area (TPSA) is 108 Å². The molecule has 1 amide bonds. The Bertz CT molecular complexity index is 1030. The van der Waals surface area contributed by atoms with Crippen molar-refractivity contribution in [1.82, 2.24) is 20.2 Å². The number of fused-ring (bicyclic) bond motifs is 1. The van der Waals surface area contributed by atoms with Gasteiger partial charge in [-0.15, -0.1) is 5.10 Å². The maximum Gasteiger partial charge on any atom is 0.262 e. The number of amides is 1. The first-order chi connectivity index (χ1) is 13.6. The van der Waals surface area contributed by atoms with Crippen LogP contribution in [0.3, 0.4) is 0 Å². The predicted molar refractivity (Wildman–Crippen MR) is 101 cm³/mol. The minimum atomic E-state index is -0.245. The van der Waals surface area contributed by atoms with Crippen LogP contribution in [-0.4, -0.2) is 51.4 Å². The number of nitrogens with one attached hydrogen (secondary N) is 1. The summed E-state index contributed by atoms with van der Waals surface area (Å²) in [5.74, 6) is 1.06. The third-order valence-electron chi connectivity index (χ3n) is 4.02. The van der Waals surface area contributed by atoms with E-state index in [1.54, 1.807) is 42.1 Å². The van der Waals surface area contributed by atoms with Crippen molar-refractivity contribution >= 4 is 29.1 Å². The number of ketones is 1. The van der Waals surface area contributed by atoms with Gasteiger partial charge in [0.05, 0.1) is 24.2 Å². The molecule has 10 heteroatoms. The van der Waals surface area contributed by atoms with E-state index in [0.717, 1.165) is 11.4 Å². The van der Waals surface area contributed by atoms with Gasteiger partial charge in [0.25, 0.3) is 5.91 Å². The summed E-state index contributed by atoms with van der Waals surface area (Å²) in [5.41, 5.74) is 1.73. The molecule has 0 atom stereocenters. The van der Waals surface area contributed by atoms with E-state index in [4.69, 9.17) is 9.47 Å². The molecule has 2 heterocycles. The molecule has 2 aromatic carbocycles. The number of hydrogen-bond donors (Lipinski definition) is 1. The van der Waals surface area contributed by atoms with Crippen molar-refractivity contribution in [2.24, 2.45) is 0 Å². The number of nitrogens with zero attached hydrogens (tertiary/aromatic N) is 4. The van der Waals surface area contributed by atoms with Gasteiger partial charge in [-0.1, -0.05) is 11.8 Å². The maximum atomic E-state index is 12.6. The first-order valence-corrected chi connectivity index (χ1v) is 9.28. The lowest BCUT2D eigenvalue weighted by Gasteiger charge is -2.18. The largest absolute Gasteiger partial charge is 0.497 e. The van der Waals surface area contributed by atoms with E-state index in [1.807, 2.05) is 12.1 Å². The predicted octanol–water partition coefficient (Wildman–Crippen LogP) is 1.98. The van der Waals surface area contributed by atoms with Crippen molar-refractivity contribution in [3.05, 3.63) is 48.0 Å². The smallest absolute Gasteiger partial charge is 0.262 e. The number of thioether (sulfide) groups is 1. The molecular weight excluding hydrogens is 382 g/mol. The second kappa shape index (κ2) is 7.69. The number of tetrazole rings is 1. The Morgan fingerprint density at radius 1 is 1.29 bits per heavy atom. The molecule has 1 aromatic heterocycles. The van der Waals surface area contributed by atoms with Crippen LogP contribution in [0.1, 0.15) is 10.4 Å². The van der Waals surface area contributed by atoms with Gasteiger partial charge in [-0.05, 0) is 52.9 Å². The normalized spacial score (nSPS) is 12.7. The summed E-state index contributed by atoms with van der Waals surface area (Å²) in [5, 5.41) is 14.8. The number of Topliss-reactive ketones (excluding diaryl/α,β-unsaturated/α-hetero) is 1. The number of hydrogen-bond acceptors (Lipinski definition) is 8. The van der Waals surface area contributed by atoms with Crippen LogP contribution in [0.15, 0.2) is 47.6 Å². The summed E-state index contributed by atoms with van der Waals surface area (Å²) in [6, 6.07) is 12.2. The van der Waals surface area contributed by atoms with E-state index >= 15 is 0 Å². The molecule has 1 aliphatic rings. The number of carbonyl (C=O) groups is 2. The van der Waals surface area contributed by atoms with E-state index in [2.05, 4.69) is 20.8 Å². The van der Waals surface area contributed by atoms with Gasteiger partial charge < -0.3 is 14.8 Å². The van der Waals surface area contributed by atoms with Crippen LogP contribution >= 0.6 is 11.8 Å². The number of benzene rings is 2. The fourth-order valence-electron chi connectivity index (χ4n) is 2.62. The molecule has 1 N–H and O–H groups in total. The molecule has 4 rings (SSSR count). The highest BCUT2D eigenvalue weighted by molar-refractivity contribution is 7.99. The maximum absolute atomic E-state index is 12.6. The van der Waals surface area contributed by atoms with Gasteiger partial charge in [-0.2, -0.15) is 4.68 Å². The van der Waals surface area contributed by atoms with Crippen molar-refractivity contribution < 1.29 is 19.1 Å². The molecule has 0 aliphatic carbocycles. The second-order valence-corrected chi connectivity index (χ2v) is 6.77. The lowest BCUT2D eigenvalue weighted by atomic mass is 10.1. The molecule has 1 aliphatic heterocycles. The first-order valence-electron chi connectivity index (χ1n) is 8.29. The van der Waals surface area contributed by atoms with Gasteiger partial charge in [-0.3, -0.25) is 9.59 Å². The van der Waals surface area contributed by atoms with Gasteiger partial charge >= 0.3 is 0 Å². The fraction of sp³-hybridized carbons (Fsp3) is 0.167. The van der Waals surface area contributed by atoms with E-state index in [9.17, 15) is 9.59 Å². The summed E-state index contributed by atoms with van der Waals surface area (Å²) in [6.07, 6.45) is 0. The van der Waals surface area contributed by atoms with Crippen molar-refractivity contribution in [2.75, 3.05) is 24.8 Å². The fourth-order valence-corrected chi connectivity index (χ4v) is 3.41. The molecule has 0 unspecified atom stereocenters. The van der Waals surface area contributed by atoms with E-state index < -0.39 is 0 Å². The van der Waals surface area contributed by atoms with Crippen LogP contribution in [0, 0.1) is 0 Å². The lowest BCUT2D eigenvalue weighted by molar-refractivity contribution is -0.118. The molecule has 0 spiro atoms. The minimum absolute atomic E-state index is 0.0236. The Hall–Kier alpha value is -3.40. The van der Waals surface area contributed by atoms with Crippen molar-refractivity contribution in [1.29, 1.82) is 0 Å². The van der Waals surface area contributed by atoms with E-state index in [-0.39, 0.29) is 24.1 Å². The Labute approximate surface area is 164 Å². The number of carbonyl (C=O) groups excluding carboxylic acids is 2. The van der Waals surface area contributed by atoms with Crippen molar-refractivity contribution in [3.63, 3.8) is 0 Å². The highest BCUT2D eigenvalue weighted by atomic mass is 32.2. The zero-order valence-corrected chi connectivity index (χ0v) is 15.6. The average Bonchev–Trinajstić information content (AvgIpc) is 3.20. The summed E-state index contributed by atoms with van der Waals surface area (Å²) < 4.78 is 12.0. The van der Waals surface area contributed by atoms with Gasteiger partial charge in [0.1, 0.15) is 11.5 Å². The zero-order chi connectivity index (χ0) is 19.5. The Balaban J connectivity index is 1.46. The monoisotopic (exact) mass is 397 g/mol. The standard InChI is InChI=1S/C18H15N5O4S/c1-26-13-5-3-12(4-6-13)23-18(20-21-22-23)28-10-15(24)11-2-7-16-14(8-11)19-17(25)9-27-16/h2-8H,9-10H2,1H3,(H,19,25). The third kappa shape index (κ3) is 3.67. The molecular formula is C18H15N5O4S. The van der Waals surface area contributed by atoms with Crippen LogP contribution in [0.2, 0.25) is 0 Å². The van der Waals surface area contributed by atoms with Crippen LogP contribution in [0.25, 0.3) is 5.69 Å². The summed E-state index contributed by atoms with van der Waals surface area (Å²) in [4.78, 5) is 24.0. The summed E-state index contributed by atoms with van der Waals surface area (Å²) >= 11 is 1.23. The average molecular weight is 397 g/mol. The second-order valence-electron chi connectivity index (χ2n) is 5.83. The molecule has 0 fully saturated rings. The van der Waals surface area contributed by atoms with Gasteiger partial charge in [0.2, 0.25) is 5.16 Å². The van der Waals surface area contributed by atoms with Gasteiger partial charge in [0.15, 0.2) is 12.4 Å². The number of aromatic nitrogens is 4. The molecule has 9 nitrogen and oxygen atoms in total. The van der Waals surface area contributed by atoms with Crippen LogP contribution < -0.4 is 14.8 Å². The molecule has 28 heavy (non-hydrogen) atoms. The minimum Gasteiger partial charge on any atom is -0.497 e. The number of anilines is 1. The molecule has 142 valence electrons. The summed E-state index contributed by atoms with van der Waals surface area (Å²) in [7, 11) is 1.59. The van der Waals surface area contributed by atoms with Crippen LogP contribution in [0.4, 0.5) is 5.69 Å². The Morgan fingerprint density at radius 3 is 2.89 bits per heavy atom. The Kier molecular flexibility index (Phi) is 4.94. The highest BCUT2D eigenvalue weighted by Gasteiger charge is 2.19. The molecule has 0 radical (unpaired) electrons. The molecule has 0 saturated carbocycles. The van der Waals surface area contributed by atoms with Gasteiger partial charge in [0, 0.05) is 5.56 Å². The summed E-state index contributed by atoms with van der Waals surface area (Å²) in [6.45, 7) is -0.0236. The van der Waals surface area contributed by atoms with E-state index in [1.165, 1.54) is 11.8 Å². The SMILES string of the molecule is COc1ccc(-n2nnnc2SCC(=O)c2ccc3c(c2)NC(=O)CO3)cc1. The number of methoxy groups -OCH3 is 1. The Morgan fingerprint density at radius 2 is 2.11 bits per heavy atom. The number of ether oxygens (including phenoxy) is 2. The molecule has 0 bridgehead atoms. The van der Waals surface area contributed by atoms with E-state index in [0.29, 0.717) is 22.2 Å².